The number of anilines is 1. The van der Waals surface area contributed by atoms with E-state index in [-0.39, 0.29) is 27.7 Å². The first-order chi connectivity index (χ1) is 16.3. The molecule has 1 aliphatic rings. The van der Waals surface area contributed by atoms with Gasteiger partial charge in [-0.15, -0.1) is 0 Å². The molecule has 1 aliphatic heterocycles. The summed E-state index contributed by atoms with van der Waals surface area (Å²) in [6.45, 7) is -3.85. The van der Waals surface area contributed by atoms with E-state index >= 15 is 0 Å². The molecule has 1 atom stereocenters. The van der Waals surface area contributed by atoms with E-state index in [1.54, 1.807) is 4.40 Å². The molecule has 1 unspecified atom stereocenters. The molecule has 4 aromatic rings. The van der Waals surface area contributed by atoms with Crippen LogP contribution in [0.4, 0.5) is 19.0 Å². The molecule has 0 radical (unpaired) electrons. The van der Waals surface area contributed by atoms with Gasteiger partial charge < -0.3 is 15.4 Å². The Morgan fingerprint density at radius 2 is 2.19 bits per heavy atom. The first kappa shape index (κ1) is 15.0. The number of amides is 1. The summed E-state index contributed by atoms with van der Waals surface area (Å²) < 4.78 is 78.8. The van der Waals surface area contributed by atoms with Crippen molar-refractivity contribution < 1.29 is 28.2 Å². The molecular formula is C20H15F3N6O2. The lowest BCUT2D eigenvalue weighted by atomic mass is 10.0. The third kappa shape index (κ3) is 3.00. The second-order valence-corrected chi connectivity index (χ2v) is 6.79. The molecule has 31 heavy (non-hydrogen) atoms. The number of alkyl halides is 3. The predicted octanol–water partition coefficient (Wildman–Crippen LogP) is 3.08. The number of likely N-dealkylation sites (N-methyl/N-ethyl adjacent to an activating group) is 1. The maximum Gasteiger partial charge on any atom is 0.416 e. The number of hydrogen-bond donors (Lipinski definition) is 1. The van der Waals surface area contributed by atoms with Gasteiger partial charge in [-0.2, -0.15) is 13.2 Å². The Bertz CT molecular complexity index is 1510. The van der Waals surface area contributed by atoms with Gasteiger partial charge in [0.05, 0.1) is 37.2 Å². The zero-order chi connectivity index (χ0) is 25.3. The summed E-state index contributed by atoms with van der Waals surface area (Å²) in [5.41, 5.74) is 5.45. The van der Waals surface area contributed by atoms with Crippen LogP contribution in [0.5, 0.6) is 5.75 Å². The number of carbonyl (C=O) groups is 1. The summed E-state index contributed by atoms with van der Waals surface area (Å²) in [5.74, 6) is -1.31. The molecule has 5 rings (SSSR count). The van der Waals surface area contributed by atoms with Crippen LogP contribution in [0, 0.1) is 0 Å². The Balaban J connectivity index is 1.62. The minimum Gasteiger partial charge on any atom is -0.491 e. The lowest BCUT2D eigenvalue weighted by molar-refractivity contribution is -0.137. The van der Waals surface area contributed by atoms with Crippen LogP contribution in [0.2, 0.25) is 0 Å². The highest BCUT2D eigenvalue weighted by molar-refractivity contribution is 5.96. The van der Waals surface area contributed by atoms with E-state index in [1.165, 1.54) is 24.8 Å². The Morgan fingerprint density at radius 1 is 1.35 bits per heavy atom. The van der Waals surface area contributed by atoms with E-state index in [0.29, 0.717) is 28.7 Å². The van der Waals surface area contributed by atoms with Crippen LogP contribution in [0.25, 0.3) is 16.6 Å². The summed E-state index contributed by atoms with van der Waals surface area (Å²) in [5, 5.41) is 0. The molecule has 2 N–H and O–H groups in total. The van der Waals surface area contributed by atoms with Crippen molar-refractivity contribution in [3.05, 3.63) is 59.8 Å². The van der Waals surface area contributed by atoms with E-state index in [0.717, 1.165) is 6.07 Å². The molecule has 1 aromatic carbocycles. The van der Waals surface area contributed by atoms with E-state index in [2.05, 4.69) is 15.0 Å². The highest BCUT2D eigenvalue weighted by Crippen LogP contribution is 2.40. The summed E-state index contributed by atoms with van der Waals surface area (Å²) in [4.78, 5) is 26.0. The van der Waals surface area contributed by atoms with Crippen LogP contribution >= 0.6 is 0 Å². The maximum absolute atomic E-state index is 13.5. The molecule has 0 aliphatic carbocycles. The maximum atomic E-state index is 13.5. The number of carbonyl (C=O) groups excluding carboxylic acids is 1. The molecular weight excluding hydrogens is 413 g/mol. The zero-order valence-corrected chi connectivity index (χ0v) is 15.5. The minimum absolute atomic E-state index is 0.169. The van der Waals surface area contributed by atoms with Crippen molar-refractivity contribution in [3.63, 3.8) is 0 Å². The van der Waals surface area contributed by atoms with Crippen molar-refractivity contribution in [1.29, 1.82) is 0 Å². The van der Waals surface area contributed by atoms with E-state index in [4.69, 9.17) is 16.0 Å². The second kappa shape index (κ2) is 6.56. The van der Waals surface area contributed by atoms with Crippen molar-refractivity contribution in [2.45, 2.75) is 12.2 Å². The van der Waals surface area contributed by atoms with Crippen LogP contribution in [0.1, 0.15) is 33.1 Å². The summed E-state index contributed by atoms with van der Waals surface area (Å²) in [6, 6.07) is 1.26. The molecule has 158 valence electrons. The molecule has 3 aromatic heterocycles. The number of hydrogen-bond acceptors (Lipinski definition) is 6. The van der Waals surface area contributed by atoms with Crippen molar-refractivity contribution in [1.82, 2.24) is 24.3 Å². The van der Waals surface area contributed by atoms with E-state index in [9.17, 15) is 18.0 Å². The van der Waals surface area contributed by atoms with Gasteiger partial charge in [0.1, 0.15) is 34.9 Å². The molecule has 0 spiro atoms. The van der Waals surface area contributed by atoms with Gasteiger partial charge in [0.15, 0.2) is 0 Å². The predicted molar refractivity (Wildman–Crippen MR) is 104 cm³/mol. The van der Waals surface area contributed by atoms with Crippen LogP contribution in [-0.4, -0.2) is 43.7 Å². The number of nitrogens with zero attached hydrogens (tertiary/aromatic N) is 5. The minimum atomic E-state index is -4.67. The van der Waals surface area contributed by atoms with Crippen molar-refractivity contribution >= 4 is 28.3 Å². The number of benzene rings is 1. The number of fused-ring (bicyclic) bond motifs is 4. The fourth-order valence-electron chi connectivity index (χ4n) is 3.40. The highest BCUT2D eigenvalue weighted by Gasteiger charge is 2.36. The zero-order valence-electron chi connectivity index (χ0n) is 19.5. The van der Waals surface area contributed by atoms with Crippen LogP contribution in [0.15, 0.2) is 43.0 Å². The highest BCUT2D eigenvalue weighted by atomic mass is 19.4. The number of ether oxygens (including phenoxy) is 1. The number of nitrogen functional groups attached to an aromatic ring is 1. The third-order valence-electron chi connectivity index (χ3n) is 4.94. The SMILES string of the molecule is [2H]C([2H])([2H])N(C(=O)c1cc2c(cn1)nc(N)c1cncn12)C1([2H])COc2cc(C(F)(F)F)ccc21. The summed E-state index contributed by atoms with van der Waals surface area (Å²) >= 11 is 0. The van der Waals surface area contributed by atoms with E-state index in [1.807, 2.05) is 0 Å². The fraction of sp³-hybridized carbons (Fsp3) is 0.200. The summed E-state index contributed by atoms with van der Waals surface area (Å²) in [7, 11) is 0. The molecule has 1 amide bonds. The van der Waals surface area contributed by atoms with Gasteiger partial charge in [0.2, 0.25) is 0 Å². The largest absolute Gasteiger partial charge is 0.491 e. The molecule has 0 saturated heterocycles. The number of pyridine rings is 1. The number of nitrogens with two attached hydrogens (primary N) is 1. The molecule has 0 fully saturated rings. The average Bonchev–Trinajstić information content (AvgIpc) is 3.38. The number of halogens is 3. The van der Waals surface area contributed by atoms with Gasteiger partial charge in [-0.3, -0.25) is 9.20 Å². The van der Waals surface area contributed by atoms with Gasteiger partial charge in [0, 0.05) is 16.7 Å². The Hall–Kier alpha value is -3.89. The van der Waals surface area contributed by atoms with Gasteiger partial charge in [-0.05, 0) is 18.2 Å². The van der Waals surface area contributed by atoms with Crippen LogP contribution < -0.4 is 10.5 Å². The number of aromatic nitrogens is 4. The smallest absolute Gasteiger partial charge is 0.416 e. The quantitative estimate of drug-likeness (QED) is 0.523. The normalized spacial score (nSPS) is 20.5. The van der Waals surface area contributed by atoms with Crippen LogP contribution in [-0.2, 0) is 6.18 Å². The Kier molecular flexibility index (Phi) is 3.17. The van der Waals surface area contributed by atoms with Gasteiger partial charge in [-0.1, -0.05) is 6.07 Å². The lowest BCUT2D eigenvalue weighted by Crippen LogP contribution is -2.32. The van der Waals surface area contributed by atoms with Crippen LogP contribution in [0.3, 0.4) is 0 Å². The number of imidazole rings is 1. The monoisotopic (exact) mass is 432 g/mol. The van der Waals surface area contributed by atoms with Crippen molar-refractivity contribution in [2.24, 2.45) is 0 Å². The fourth-order valence-corrected chi connectivity index (χ4v) is 3.40. The van der Waals surface area contributed by atoms with Gasteiger partial charge in [-0.25, -0.2) is 15.0 Å². The standard InChI is InChI=1S/C20H15F3N6O2/c1-28(16-8-31-17-4-10(20(21,22)23)2-3-11(16)17)19(30)12-5-14-13(6-26-12)27-18(24)15-7-25-9-29(14)15/h2-7,9,16H,8H2,1H3,(H2,24,27)/i1D3,16D. The second-order valence-electron chi connectivity index (χ2n) is 6.79. The van der Waals surface area contributed by atoms with Crippen molar-refractivity contribution in [2.75, 3.05) is 19.3 Å². The topological polar surface area (TPSA) is 98.6 Å². The van der Waals surface area contributed by atoms with E-state index < -0.39 is 37.2 Å². The lowest BCUT2D eigenvalue weighted by Gasteiger charge is -2.23. The molecule has 4 heterocycles. The Morgan fingerprint density at radius 3 is 2.97 bits per heavy atom. The molecule has 0 bridgehead atoms. The third-order valence-corrected chi connectivity index (χ3v) is 4.94. The molecule has 11 heteroatoms. The average molecular weight is 432 g/mol. The molecule has 8 nitrogen and oxygen atoms in total. The Labute approximate surface area is 178 Å². The summed E-state index contributed by atoms with van der Waals surface area (Å²) in [6.07, 6.45) is -0.562. The first-order valence-electron chi connectivity index (χ1n) is 10.9. The van der Waals surface area contributed by atoms with Gasteiger partial charge in [0.25, 0.3) is 5.91 Å². The van der Waals surface area contributed by atoms with Gasteiger partial charge >= 0.3 is 6.18 Å². The van der Waals surface area contributed by atoms with Crippen molar-refractivity contribution in [3.8, 4) is 5.75 Å². The molecule has 0 saturated carbocycles. The first-order valence-corrected chi connectivity index (χ1v) is 8.87. The number of rotatable bonds is 2.